The zero-order valence-corrected chi connectivity index (χ0v) is 22.7. The molecule has 6 atom stereocenters. The van der Waals surface area contributed by atoms with E-state index in [1.807, 2.05) is 39.0 Å². The number of rotatable bonds is 6. The Morgan fingerprint density at radius 3 is 2.59 bits per heavy atom. The van der Waals surface area contributed by atoms with Crippen molar-refractivity contribution < 1.29 is 38.8 Å². The first-order valence-electron chi connectivity index (χ1n) is 13.1. The summed E-state index contributed by atoms with van der Waals surface area (Å²) in [6.07, 6.45) is 8.24. The van der Waals surface area contributed by atoms with Gasteiger partial charge in [-0.25, -0.2) is 4.79 Å². The Morgan fingerprint density at radius 1 is 1.27 bits per heavy atom. The summed E-state index contributed by atoms with van der Waals surface area (Å²) in [6, 6.07) is 0. The summed E-state index contributed by atoms with van der Waals surface area (Å²) in [7, 11) is 0. The van der Waals surface area contributed by atoms with Gasteiger partial charge in [-0.3, -0.25) is 9.59 Å². The normalized spacial score (nSPS) is 31.7. The molecule has 2 aliphatic heterocycles. The fourth-order valence-electron chi connectivity index (χ4n) is 4.37. The number of hydrogen-bond acceptors (Lipinski definition) is 8. The van der Waals surface area contributed by atoms with Crippen LogP contribution in [0.2, 0.25) is 0 Å². The fourth-order valence-corrected chi connectivity index (χ4v) is 4.37. The van der Waals surface area contributed by atoms with Gasteiger partial charge in [0.05, 0.1) is 19.1 Å². The van der Waals surface area contributed by atoms with Gasteiger partial charge in [-0.2, -0.15) is 0 Å². The van der Waals surface area contributed by atoms with Crippen LogP contribution in [-0.4, -0.2) is 76.8 Å². The summed E-state index contributed by atoms with van der Waals surface area (Å²) in [5, 5.41) is 21.2. The molecule has 0 bridgehead atoms. The van der Waals surface area contributed by atoms with E-state index < -0.39 is 35.9 Å². The maximum absolute atomic E-state index is 12.5. The molecule has 9 nitrogen and oxygen atoms in total. The van der Waals surface area contributed by atoms with Crippen LogP contribution in [0.25, 0.3) is 0 Å². The molecule has 208 valence electrons. The molecule has 0 aromatic carbocycles. The Balaban J connectivity index is 2.12. The summed E-state index contributed by atoms with van der Waals surface area (Å²) in [5.74, 6) is -1.38. The first-order chi connectivity index (χ1) is 17.4. The van der Waals surface area contributed by atoms with Gasteiger partial charge in [0.15, 0.2) is 0 Å². The van der Waals surface area contributed by atoms with Crippen molar-refractivity contribution in [3.05, 3.63) is 36.0 Å². The Hall–Kier alpha value is -2.65. The second-order valence-corrected chi connectivity index (χ2v) is 10.5. The van der Waals surface area contributed by atoms with E-state index in [2.05, 4.69) is 0 Å². The van der Waals surface area contributed by atoms with E-state index >= 15 is 0 Å². The van der Waals surface area contributed by atoms with Crippen molar-refractivity contribution >= 4 is 18.0 Å². The van der Waals surface area contributed by atoms with Gasteiger partial charge in [0.25, 0.3) is 0 Å². The highest BCUT2D eigenvalue weighted by Crippen LogP contribution is 2.27. The predicted molar refractivity (Wildman–Crippen MR) is 138 cm³/mol. The van der Waals surface area contributed by atoms with Crippen LogP contribution in [-0.2, 0) is 23.8 Å². The summed E-state index contributed by atoms with van der Waals surface area (Å²) >= 11 is 0. The number of aliphatic hydroxyl groups excluding tert-OH is 1. The molecule has 37 heavy (non-hydrogen) atoms. The highest BCUT2D eigenvalue weighted by Gasteiger charge is 2.35. The molecule has 2 heterocycles. The minimum absolute atomic E-state index is 0.00588. The molecular formula is C28H43NO8. The van der Waals surface area contributed by atoms with Gasteiger partial charge in [-0.1, -0.05) is 38.2 Å². The smallest absolute Gasteiger partial charge is 0.409 e. The minimum atomic E-state index is -1.41. The van der Waals surface area contributed by atoms with E-state index in [9.17, 15) is 24.6 Å². The monoisotopic (exact) mass is 521 g/mol. The molecule has 0 aromatic rings. The van der Waals surface area contributed by atoms with Crippen LogP contribution in [0.5, 0.6) is 0 Å². The summed E-state index contributed by atoms with van der Waals surface area (Å²) in [6.45, 7) is 10.2. The average molecular weight is 522 g/mol. The van der Waals surface area contributed by atoms with Crippen LogP contribution < -0.4 is 0 Å². The quantitative estimate of drug-likeness (QED) is 0.235. The molecule has 2 aliphatic rings. The minimum Gasteiger partial charge on any atom is -0.457 e. The third-order valence-corrected chi connectivity index (χ3v) is 6.70. The van der Waals surface area contributed by atoms with Crippen molar-refractivity contribution in [3.63, 3.8) is 0 Å². The van der Waals surface area contributed by atoms with Crippen LogP contribution in [0.15, 0.2) is 36.0 Å². The molecule has 0 aliphatic carbocycles. The number of carbonyl (C=O) groups is 3. The lowest BCUT2D eigenvalue weighted by atomic mass is 9.88. The van der Waals surface area contributed by atoms with Gasteiger partial charge >= 0.3 is 18.0 Å². The van der Waals surface area contributed by atoms with Crippen LogP contribution in [0.4, 0.5) is 4.79 Å². The van der Waals surface area contributed by atoms with Crippen LogP contribution >= 0.6 is 0 Å². The number of allylic oxidation sites excluding steroid dienone is 2. The van der Waals surface area contributed by atoms with Gasteiger partial charge in [-0.15, -0.1) is 0 Å². The molecule has 9 heteroatoms. The fraction of sp³-hybridized carbons (Fsp3) is 0.679. The molecule has 0 radical (unpaired) electrons. The van der Waals surface area contributed by atoms with E-state index in [4.69, 9.17) is 14.2 Å². The Labute approximate surface area is 220 Å². The number of nitrogens with zero attached hydrogens (tertiary/aromatic N) is 1. The van der Waals surface area contributed by atoms with E-state index in [0.29, 0.717) is 0 Å². The van der Waals surface area contributed by atoms with Gasteiger partial charge in [0.2, 0.25) is 0 Å². The third-order valence-electron chi connectivity index (χ3n) is 6.70. The van der Waals surface area contributed by atoms with Gasteiger partial charge in [0.1, 0.15) is 17.8 Å². The van der Waals surface area contributed by atoms with Crippen LogP contribution in [0.3, 0.4) is 0 Å². The number of ether oxygens (including phenoxy) is 3. The lowest BCUT2D eigenvalue weighted by Crippen LogP contribution is -2.42. The second-order valence-electron chi connectivity index (χ2n) is 10.5. The summed E-state index contributed by atoms with van der Waals surface area (Å²) in [5.41, 5.74) is -0.644. The average Bonchev–Trinajstić information content (AvgIpc) is 3.36. The topological polar surface area (TPSA) is 123 Å². The van der Waals surface area contributed by atoms with Crippen molar-refractivity contribution in [2.45, 2.75) is 90.6 Å². The Kier molecular flexibility index (Phi) is 11.8. The zero-order chi connectivity index (χ0) is 27.6. The lowest BCUT2D eigenvalue weighted by molar-refractivity contribution is -0.157. The largest absolute Gasteiger partial charge is 0.457 e. The van der Waals surface area contributed by atoms with Crippen molar-refractivity contribution in [3.8, 4) is 0 Å². The molecule has 0 aromatic heterocycles. The first kappa shape index (κ1) is 30.6. The highest BCUT2D eigenvalue weighted by molar-refractivity contribution is 5.70. The standard InChI is InChI=1S/C28H43NO8/c1-19(18-35-27(33)29-15-6-7-16-29)9-8-10-20(2)26-21(3)11-12-24(36-22(4)30)28(5,34)14-13-23(31)17-25(32)37-26/h8-12,19,21,23-24,26,31,34H,6-7,13-18H2,1-5H3/b9-8+,12-11+,20-10+/t19?,21-,23-,24-,26+,28-/m0/s1. The number of amides is 1. The summed E-state index contributed by atoms with van der Waals surface area (Å²) < 4.78 is 16.5. The molecule has 0 spiro atoms. The van der Waals surface area contributed by atoms with Gasteiger partial charge < -0.3 is 29.3 Å². The van der Waals surface area contributed by atoms with Crippen LogP contribution in [0, 0.1) is 11.8 Å². The number of hydrogen-bond donors (Lipinski definition) is 2. The molecule has 1 saturated heterocycles. The number of cyclic esters (lactones) is 1. The van der Waals surface area contributed by atoms with E-state index in [0.717, 1.165) is 31.5 Å². The molecule has 0 saturated carbocycles. The third kappa shape index (κ3) is 10.3. The number of carbonyl (C=O) groups excluding carboxylic acids is 3. The van der Waals surface area contributed by atoms with Crippen molar-refractivity contribution in [1.82, 2.24) is 4.90 Å². The predicted octanol–water partition coefficient (Wildman–Crippen LogP) is 3.69. The van der Waals surface area contributed by atoms with Crippen molar-refractivity contribution in [2.24, 2.45) is 11.8 Å². The second kappa shape index (κ2) is 14.3. The number of esters is 2. The highest BCUT2D eigenvalue weighted by atomic mass is 16.6. The first-order valence-corrected chi connectivity index (χ1v) is 13.1. The van der Waals surface area contributed by atoms with E-state index in [1.54, 1.807) is 24.0 Å². The number of aliphatic hydroxyl groups is 2. The van der Waals surface area contributed by atoms with Gasteiger partial charge in [0, 0.05) is 31.8 Å². The molecule has 1 fully saturated rings. The van der Waals surface area contributed by atoms with Gasteiger partial charge in [-0.05, 0) is 51.2 Å². The zero-order valence-electron chi connectivity index (χ0n) is 22.7. The Morgan fingerprint density at radius 2 is 1.95 bits per heavy atom. The molecular weight excluding hydrogens is 478 g/mol. The summed E-state index contributed by atoms with van der Waals surface area (Å²) in [4.78, 5) is 38.0. The maximum atomic E-state index is 12.5. The van der Waals surface area contributed by atoms with E-state index in [1.165, 1.54) is 6.92 Å². The SMILES string of the molecule is CC(=O)O[C@H]1/C=C/[C@H](C)[C@@H](/C(C)=C/C=C/C(C)COC(=O)N2CCCC2)OC(=O)C[C@@H](O)CC[C@]1(C)O. The molecule has 1 amide bonds. The van der Waals surface area contributed by atoms with E-state index in [-0.39, 0.29) is 43.8 Å². The van der Waals surface area contributed by atoms with Crippen LogP contribution in [0.1, 0.15) is 66.7 Å². The maximum Gasteiger partial charge on any atom is 0.409 e. The lowest BCUT2D eigenvalue weighted by Gasteiger charge is -2.32. The van der Waals surface area contributed by atoms with Crippen molar-refractivity contribution in [1.29, 1.82) is 0 Å². The van der Waals surface area contributed by atoms with Crippen molar-refractivity contribution in [2.75, 3.05) is 19.7 Å². The molecule has 1 unspecified atom stereocenters. The number of likely N-dealkylation sites (tertiary alicyclic amines) is 1. The molecule has 2 rings (SSSR count). The Bertz CT molecular complexity index is 871. The molecule has 2 N–H and O–H groups in total.